The van der Waals surface area contributed by atoms with Crippen molar-refractivity contribution in [1.29, 1.82) is 0 Å². The summed E-state index contributed by atoms with van der Waals surface area (Å²) in [7, 11) is 0. The Morgan fingerprint density at radius 3 is 2.72 bits per heavy atom. The second-order valence-corrected chi connectivity index (χ2v) is 7.35. The summed E-state index contributed by atoms with van der Waals surface area (Å²) < 4.78 is 5.42. The third kappa shape index (κ3) is 6.82. The third-order valence-corrected chi connectivity index (χ3v) is 5.36. The van der Waals surface area contributed by atoms with Crippen LogP contribution in [0, 0.1) is 0 Å². The van der Waals surface area contributed by atoms with E-state index in [0.717, 1.165) is 64.5 Å². The Hall–Kier alpha value is -1.39. The number of hydrogen-bond acceptors (Lipinski definition) is 4. The first-order valence-corrected chi connectivity index (χ1v) is 10.4. The van der Waals surface area contributed by atoms with E-state index in [1.54, 1.807) is 0 Å². The Morgan fingerprint density at radius 2 is 1.97 bits per heavy atom. The number of aryl methyl sites for hydroxylation is 1. The van der Waals surface area contributed by atoms with Crippen molar-refractivity contribution in [3.8, 4) is 0 Å². The molecule has 1 aromatic rings. The summed E-state index contributed by atoms with van der Waals surface area (Å²) in [6.07, 6.45) is 2.04. The second kappa shape index (κ2) is 12.3. The monoisotopic (exact) mass is 515 g/mol. The predicted molar refractivity (Wildman–Crippen MR) is 128 cm³/mol. The van der Waals surface area contributed by atoms with E-state index < -0.39 is 0 Å². The van der Waals surface area contributed by atoms with E-state index in [9.17, 15) is 4.79 Å². The summed E-state index contributed by atoms with van der Waals surface area (Å²) in [5.41, 5.74) is 2.28. The minimum atomic E-state index is 0. The summed E-state index contributed by atoms with van der Waals surface area (Å²) in [6.45, 7) is 10.2. The fraction of sp³-hybridized carbons (Fsp3) is 0.619. The van der Waals surface area contributed by atoms with E-state index >= 15 is 0 Å². The van der Waals surface area contributed by atoms with Gasteiger partial charge >= 0.3 is 0 Å². The van der Waals surface area contributed by atoms with Crippen molar-refractivity contribution in [2.24, 2.45) is 4.99 Å². The smallest absolute Gasteiger partial charge is 0.248 e. The highest BCUT2D eigenvalue weighted by Crippen LogP contribution is 2.26. The molecule has 2 N–H and O–H groups in total. The van der Waals surface area contributed by atoms with Gasteiger partial charge in [-0.2, -0.15) is 0 Å². The van der Waals surface area contributed by atoms with Crippen LogP contribution in [0.15, 0.2) is 29.3 Å². The highest BCUT2D eigenvalue weighted by atomic mass is 127. The van der Waals surface area contributed by atoms with Gasteiger partial charge in [-0.3, -0.25) is 9.69 Å². The first-order valence-electron chi connectivity index (χ1n) is 10.4. The normalized spacial score (nSPS) is 18.4. The molecule has 2 heterocycles. The Balaban J connectivity index is 0.00000300. The fourth-order valence-electron chi connectivity index (χ4n) is 3.76. The molecule has 2 aliphatic rings. The molecule has 1 aromatic carbocycles. The molecule has 162 valence electrons. The van der Waals surface area contributed by atoms with Crippen molar-refractivity contribution in [1.82, 2.24) is 15.5 Å². The largest absolute Gasteiger partial charge is 0.379 e. The van der Waals surface area contributed by atoms with Crippen molar-refractivity contribution in [3.05, 3.63) is 29.8 Å². The van der Waals surface area contributed by atoms with Crippen molar-refractivity contribution in [3.63, 3.8) is 0 Å². The fourth-order valence-corrected chi connectivity index (χ4v) is 3.76. The van der Waals surface area contributed by atoms with E-state index in [2.05, 4.69) is 33.5 Å². The van der Waals surface area contributed by atoms with Crippen LogP contribution in [0.1, 0.15) is 25.8 Å². The molecule has 0 aliphatic carbocycles. The summed E-state index contributed by atoms with van der Waals surface area (Å²) in [5.74, 6) is 0.742. The summed E-state index contributed by atoms with van der Waals surface area (Å²) in [6, 6.07) is 8.55. The number of benzene rings is 1. The predicted octanol–water partition coefficient (Wildman–Crippen LogP) is 1.86. The molecule has 0 radical (unpaired) electrons. The number of guanidine groups is 1. The summed E-state index contributed by atoms with van der Waals surface area (Å²) in [4.78, 5) is 21.6. The number of amides is 1. The molecule has 8 heteroatoms. The maximum Gasteiger partial charge on any atom is 0.248 e. The molecule has 0 bridgehead atoms. The van der Waals surface area contributed by atoms with Crippen molar-refractivity contribution in [2.45, 2.75) is 32.7 Å². The summed E-state index contributed by atoms with van der Waals surface area (Å²) in [5, 5.41) is 6.62. The van der Waals surface area contributed by atoms with Gasteiger partial charge in [-0.1, -0.05) is 18.2 Å². The standard InChI is InChI=1S/C21H33N5O2.HI/c1-3-22-21(23-15-17(2)25-11-13-28-14-12-25)24-16-20(27)26-10-6-8-18-7-4-5-9-19(18)26;/h4-5,7,9,17H,3,6,8,10-16H2,1-2H3,(H2,22,23,24);1H. The Bertz CT molecular complexity index is 679. The van der Waals surface area contributed by atoms with Crippen LogP contribution in [0.25, 0.3) is 0 Å². The molecule has 29 heavy (non-hydrogen) atoms. The van der Waals surface area contributed by atoms with Crippen molar-refractivity contribution >= 4 is 41.5 Å². The van der Waals surface area contributed by atoms with Gasteiger partial charge in [0.2, 0.25) is 5.91 Å². The number of anilines is 1. The number of carbonyl (C=O) groups is 1. The SMILES string of the molecule is CCNC(=NCC(=O)N1CCCc2ccccc21)NCC(C)N1CCOCC1.I. The van der Waals surface area contributed by atoms with Gasteiger partial charge in [0.05, 0.1) is 13.2 Å². The number of morpholine rings is 1. The van der Waals surface area contributed by atoms with Gasteiger partial charge in [-0.25, -0.2) is 4.99 Å². The van der Waals surface area contributed by atoms with Crippen LogP contribution in [0.4, 0.5) is 5.69 Å². The highest BCUT2D eigenvalue weighted by molar-refractivity contribution is 14.0. The van der Waals surface area contributed by atoms with E-state index in [0.29, 0.717) is 12.0 Å². The van der Waals surface area contributed by atoms with E-state index in [-0.39, 0.29) is 36.4 Å². The minimum absolute atomic E-state index is 0. The maximum absolute atomic E-state index is 12.8. The Labute approximate surface area is 191 Å². The number of hydrogen-bond donors (Lipinski definition) is 2. The number of nitrogens with zero attached hydrogens (tertiary/aromatic N) is 3. The minimum Gasteiger partial charge on any atom is -0.379 e. The molecule has 7 nitrogen and oxygen atoms in total. The third-order valence-electron chi connectivity index (χ3n) is 5.36. The van der Waals surface area contributed by atoms with Crippen LogP contribution in [-0.2, 0) is 16.0 Å². The van der Waals surface area contributed by atoms with E-state index in [1.165, 1.54) is 5.56 Å². The number of carbonyl (C=O) groups excluding carboxylic acids is 1. The van der Waals surface area contributed by atoms with Crippen LogP contribution in [0.3, 0.4) is 0 Å². The average molecular weight is 515 g/mol. The van der Waals surface area contributed by atoms with Gasteiger partial charge in [0.15, 0.2) is 5.96 Å². The van der Waals surface area contributed by atoms with Gasteiger partial charge in [0.1, 0.15) is 6.54 Å². The molecule has 1 saturated heterocycles. The number of rotatable bonds is 6. The number of aliphatic imine (C=N–C) groups is 1. The van der Waals surface area contributed by atoms with Crippen LogP contribution < -0.4 is 15.5 Å². The second-order valence-electron chi connectivity index (χ2n) is 7.35. The molecule has 1 amide bonds. The van der Waals surface area contributed by atoms with Gasteiger partial charge in [0.25, 0.3) is 0 Å². The topological polar surface area (TPSA) is 69.2 Å². The number of nitrogens with one attached hydrogen (secondary N) is 2. The number of halogens is 1. The lowest BCUT2D eigenvalue weighted by Crippen LogP contribution is -2.49. The quantitative estimate of drug-likeness (QED) is 0.344. The van der Waals surface area contributed by atoms with Gasteiger partial charge in [-0.05, 0) is 38.3 Å². The first kappa shape index (κ1) is 23.9. The average Bonchev–Trinajstić information content (AvgIpc) is 2.75. The zero-order valence-corrected chi connectivity index (χ0v) is 19.9. The molecule has 1 fully saturated rings. The molecule has 1 unspecified atom stereocenters. The van der Waals surface area contributed by atoms with E-state index in [4.69, 9.17) is 4.74 Å². The Kier molecular flexibility index (Phi) is 10.2. The van der Waals surface area contributed by atoms with E-state index in [1.807, 2.05) is 30.0 Å². The lowest BCUT2D eigenvalue weighted by Gasteiger charge is -2.32. The first-order chi connectivity index (χ1) is 13.7. The number of para-hydroxylation sites is 1. The van der Waals surface area contributed by atoms with Crippen molar-refractivity contribution in [2.75, 3.05) is 57.4 Å². The number of fused-ring (bicyclic) bond motifs is 1. The van der Waals surface area contributed by atoms with Gasteiger partial charge < -0.3 is 20.3 Å². The van der Waals surface area contributed by atoms with Gasteiger partial charge in [0, 0.05) is 44.5 Å². The molecular weight excluding hydrogens is 481 g/mol. The van der Waals surface area contributed by atoms with Crippen LogP contribution in [0.2, 0.25) is 0 Å². The molecule has 0 spiro atoms. The van der Waals surface area contributed by atoms with Crippen LogP contribution in [0.5, 0.6) is 0 Å². The zero-order valence-electron chi connectivity index (χ0n) is 17.5. The molecule has 1 atom stereocenters. The van der Waals surface area contributed by atoms with Gasteiger partial charge in [-0.15, -0.1) is 24.0 Å². The maximum atomic E-state index is 12.8. The lowest BCUT2D eigenvalue weighted by molar-refractivity contribution is -0.117. The molecular formula is C21H34IN5O2. The molecule has 0 saturated carbocycles. The molecule has 0 aromatic heterocycles. The van der Waals surface area contributed by atoms with Crippen LogP contribution in [-0.4, -0.2) is 75.3 Å². The Morgan fingerprint density at radius 1 is 1.21 bits per heavy atom. The summed E-state index contributed by atoms with van der Waals surface area (Å²) >= 11 is 0. The zero-order chi connectivity index (χ0) is 19.8. The lowest BCUT2D eigenvalue weighted by atomic mass is 10.0. The van der Waals surface area contributed by atoms with Crippen molar-refractivity contribution < 1.29 is 9.53 Å². The molecule has 3 rings (SSSR count). The molecule has 2 aliphatic heterocycles. The highest BCUT2D eigenvalue weighted by Gasteiger charge is 2.22. The number of ether oxygens (including phenoxy) is 1. The van der Waals surface area contributed by atoms with Crippen LogP contribution >= 0.6 is 24.0 Å².